The first-order valence-corrected chi connectivity index (χ1v) is 10.1. The number of anilines is 2. The van der Waals surface area contributed by atoms with Crippen LogP contribution in [0.15, 0.2) is 28.7 Å². The van der Waals surface area contributed by atoms with E-state index in [1.54, 1.807) is 0 Å². The molecule has 0 bridgehead atoms. The van der Waals surface area contributed by atoms with Crippen LogP contribution < -0.4 is 10.2 Å². The molecule has 0 unspecified atom stereocenters. The van der Waals surface area contributed by atoms with Crippen LogP contribution in [-0.2, 0) is 13.0 Å². The Kier molecular flexibility index (Phi) is 4.67. The zero-order valence-corrected chi connectivity index (χ0v) is 16.5. The zero-order valence-electron chi connectivity index (χ0n) is 14.9. The summed E-state index contributed by atoms with van der Waals surface area (Å²) in [7, 11) is 0. The molecule has 0 amide bonds. The third kappa shape index (κ3) is 3.81. The minimum Gasteiger partial charge on any atom is -0.367 e. The minimum atomic E-state index is 0.424. The molecule has 1 aliphatic carbocycles. The molecular weight excluding hydrogens is 376 g/mol. The van der Waals surface area contributed by atoms with E-state index in [2.05, 4.69) is 64.3 Å². The molecule has 0 saturated heterocycles. The Morgan fingerprint density at radius 1 is 1.24 bits per heavy atom. The monoisotopic (exact) mass is 400 g/mol. The second-order valence-corrected chi connectivity index (χ2v) is 8.20. The van der Waals surface area contributed by atoms with E-state index in [4.69, 9.17) is 9.97 Å². The standard InChI is InChI=1S/C20H25BrN4/c1-3-13(2)22-18-11-19(24-20(23-18)15-4-5-15)25-9-8-14-6-7-17(21)10-16(14)12-25/h6-7,10-11,13,15H,3-5,8-9,12H2,1-2H3,(H,22,23,24)/t13-/m1/s1. The fourth-order valence-electron chi connectivity index (χ4n) is 3.29. The third-order valence-electron chi connectivity index (χ3n) is 5.18. The van der Waals surface area contributed by atoms with Crippen LogP contribution in [0.3, 0.4) is 0 Å². The highest BCUT2D eigenvalue weighted by molar-refractivity contribution is 9.10. The second-order valence-electron chi connectivity index (χ2n) is 7.28. The van der Waals surface area contributed by atoms with Crippen LogP contribution in [0.2, 0.25) is 0 Å². The molecule has 4 nitrogen and oxygen atoms in total. The Bertz CT molecular complexity index is 772. The van der Waals surface area contributed by atoms with Crippen molar-refractivity contribution in [1.29, 1.82) is 0 Å². The van der Waals surface area contributed by atoms with Crippen molar-refractivity contribution in [2.45, 2.75) is 58.0 Å². The molecule has 25 heavy (non-hydrogen) atoms. The summed E-state index contributed by atoms with van der Waals surface area (Å²) in [6, 6.07) is 9.16. The normalized spacial score (nSPS) is 18.0. The zero-order chi connectivity index (χ0) is 17.4. The van der Waals surface area contributed by atoms with Gasteiger partial charge in [0.05, 0.1) is 0 Å². The van der Waals surface area contributed by atoms with E-state index in [1.165, 1.54) is 24.0 Å². The lowest BCUT2D eigenvalue weighted by Crippen LogP contribution is -2.31. The van der Waals surface area contributed by atoms with Crippen molar-refractivity contribution in [3.63, 3.8) is 0 Å². The lowest BCUT2D eigenvalue weighted by molar-refractivity contribution is 0.710. The fraction of sp³-hybridized carbons (Fsp3) is 0.500. The average Bonchev–Trinajstić information content (AvgIpc) is 3.46. The van der Waals surface area contributed by atoms with Gasteiger partial charge in [0.1, 0.15) is 17.5 Å². The van der Waals surface area contributed by atoms with Crippen molar-refractivity contribution >= 4 is 27.6 Å². The van der Waals surface area contributed by atoms with Gasteiger partial charge < -0.3 is 10.2 Å². The summed E-state index contributed by atoms with van der Waals surface area (Å²) in [6.45, 7) is 6.32. The molecule has 2 aromatic rings. The van der Waals surface area contributed by atoms with E-state index in [0.717, 1.165) is 47.9 Å². The quantitative estimate of drug-likeness (QED) is 0.775. The largest absolute Gasteiger partial charge is 0.367 e. The lowest BCUT2D eigenvalue weighted by Gasteiger charge is -2.30. The number of hydrogen-bond donors (Lipinski definition) is 1. The van der Waals surface area contributed by atoms with Crippen LogP contribution in [0.25, 0.3) is 0 Å². The molecule has 1 aromatic heterocycles. The van der Waals surface area contributed by atoms with Crippen LogP contribution in [0.5, 0.6) is 0 Å². The Morgan fingerprint density at radius 2 is 2.08 bits per heavy atom. The van der Waals surface area contributed by atoms with Gasteiger partial charge in [-0.25, -0.2) is 9.97 Å². The van der Waals surface area contributed by atoms with Crippen molar-refractivity contribution in [3.8, 4) is 0 Å². The van der Waals surface area contributed by atoms with Crippen molar-refractivity contribution in [2.24, 2.45) is 0 Å². The Balaban J connectivity index is 1.63. The second kappa shape index (κ2) is 6.94. The highest BCUT2D eigenvalue weighted by atomic mass is 79.9. The molecule has 1 atom stereocenters. The highest BCUT2D eigenvalue weighted by Crippen LogP contribution is 2.39. The van der Waals surface area contributed by atoms with Crippen LogP contribution in [-0.4, -0.2) is 22.6 Å². The van der Waals surface area contributed by atoms with Crippen LogP contribution in [0, 0.1) is 0 Å². The van der Waals surface area contributed by atoms with Gasteiger partial charge in [0.25, 0.3) is 0 Å². The van der Waals surface area contributed by atoms with Crippen LogP contribution in [0.1, 0.15) is 56.0 Å². The van der Waals surface area contributed by atoms with Gasteiger partial charge in [-0.05, 0) is 55.9 Å². The average molecular weight is 401 g/mol. The molecule has 2 aliphatic rings. The molecular formula is C20H25BrN4. The first-order chi connectivity index (χ1) is 12.1. The lowest BCUT2D eigenvalue weighted by atomic mass is 10.00. The smallest absolute Gasteiger partial charge is 0.136 e. The molecule has 2 heterocycles. The van der Waals surface area contributed by atoms with E-state index in [9.17, 15) is 0 Å². The predicted octanol–water partition coefficient (Wildman–Crippen LogP) is 4.89. The maximum Gasteiger partial charge on any atom is 0.136 e. The number of hydrogen-bond acceptors (Lipinski definition) is 4. The maximum absolute atomic E-state index is 4.91. The molecule has 132 valence electrons. The van der Waals surface area contributed by atoms with E-state index in [-0.39, 0.29) is 0 Å². The molecule has 1 aliphatic heterocycles. The van der Waals surface area contributed by atoms with Gasteiger partial charge in [0.2, 0.25) is 0 Å². The van der Waals surface area contributed by atoms with E-state index in [0.29, 0.717) is 12.0 Å². The van der Waals surface area contributed by atoms with Crippen molar-refractivity contribution < 1.29 is 0 Å². The van der Waals surface area contributed by atoms with Gasteiger partial charge in [0.15, 0.2) is 0 Å². The first-order valence-electron chi connectivity index (χ1n) is 9.30. The molecule has 1 fully saturated rings. The fourth-order valence-corrected chi connectivity index (χ4v) is 3.70. The summed E-state index contributed by atoms with van der Waals surface area (Å²) in [5.41, 5.74) is 2.84. The van der Waals surface area contributed by atoms with E-state index in [1.807, 2.05) is 0 Å². The summed E-state index contributed by atoms with van der Waals surface area (Å²) in [4.78, 5) is 12.1. The third-order valence-corrected chi connectivity index (χ3v) is 5.68. The van der Waals surface area contributed by atoms with E-state index >= 15 is 0 Å². The molecule has 0 radical (unpaired) electrons. The van der Waals surface area contributed by atoms with Gasteiger partial charge in [-0.3, -0.25) is 0 Å². The van der Waals surface area contributed by atoms with Gasteiger partial charge in [-0.1, -0.05) is 28.9 Å². The topological polar surface area (TPSA) is 41.0 Å². The number of halogens is 1. The van der Waals surface area contributed by atoms with Gasteiger partial charge in [-0.15, -0.1) is 0 Å². The molecule has 5 heteroatoms. The van der Waals surface area contributed by atoms with Gasteiger partial charge >= 0.3 is 0 Å². The summed E-state index contributed by atoms with van der Waals surface area (Å²) >= 11 is 3.60. The highest BCUT2D eigenvalue weighted by Gasteiger charge is 2.28. The van der Waals surface area contributed by atoms with Gasteiger partial charge in [-0.2, -0.15) is 0 Å². The SMILES string of the molecule is CC[C@@H](C)Nc1cc(N2CCc3ccc(Br)cc3C2)nc(C2CC2)n1. The summed E-state index contributed by atoms with van der Waals surface area (Å²) < 4.78 is 1.15. The molecule has 4 rings (SSSR count). The summed E-state index contributed by atoms with van der Waals surface area (Å²) in [5, 5.41) is 3.54. The summed E-state index contributed by atoms with van der Waals surface area (Å²) in [5.74, 6) is 3.61. The number of fused-ring (bicyclic) bond motifs is 1. The number of nitrogens with zero attached hydrogens (tertiary/aromatic N) is 3. The summed E-state index contributed by atoms with van der Waals surface area (Å²) in [6.07, 6.45) is 4.60. The van der Waals surface area contributed by atoms with Gasteiger partial charge in [0, 0.05) is 35.6 Å². The van der Waals surface area contributed by atoms with Crippen LogP contribution >= 0.6 is 15.9 Å². The van der Waals surface area contributed by atoms with E-state index < -0.39 is 0 Å². The maximum atomic E-state index is 4.91. The number of aromatic nitrogens is 2. The van der Waals surface area contributed by atoms with Crippen molar-refractivity contribution in [1.82, 2.24) is 9.97 Å². The Morgan fingerprint density at radius 3 is 2.84 bits per heavy atom. The number of rotatable bonds is 5. The molecule has 1 N–H and O–H groups in total. The van der Waals surface area contributed by atoms with Crippen LogP contribution in [0.4, 0.5) is 11.6 Å². The Labute approximate surface area is 158 Å². The number of benzene rings is 1. The number of nitrogens with one attached hydrogen (secondary N) is 1. The first kappa shape index (κ1) is 16.8. The molecule has 0 spiro atoms. The van der Waals surface area contributed by atoms with Crippen molar-refractivity contribution in [3.05, 3.63) is 45.7 Å². The molecule has 1 saturated carbocycles. The van der Waals surface area contributed by atoms with Crippen molar-refractivity contribution in [2.75, 3.05) is 16.8 Å². The predicted molar refractivity (Wildman–Crippen MR) is 106 cm³/mol. The Hall–Kier alpha value is -1.62. The minimum absolute atomic E-state index is 0.424. The molecule has 1 aromatic carbocycles.